The Morgan fingerprint density at radius 2 is 1.71 bits per heavy atom. The van der Waals surface area contributed by atoms with Crippen molar-refractivity contribution in [3.63, 3.8) is 0 Å². The van der Waals surface area contributed by atoms with Gasteiger partial charge < -0.3 is 14.8 Å². The molecular weight excluding hydrogens is 401 g/mol. The minimum atomic E-state index is -0.566. The van der Waals surface area contributed by atoms with Gasteiger partial charge >= 0.3 is 0 Å². The van der Waals surface area contributed by atoms with Crippen molar-refractivity contribution in [2.45, 2.75) is 25.7 Å². The van der Waals surface area contributed by atoms with Crippen molar-refractivity contribution in [2.75, 3.05) is 18.4 Å². The van der Waals surface area contributed by atoms with E-state index in [1.165, 1.54) is 29.0 Å². The molecule has 148 valence electrons. The predicted molar refractivity (Wildman–Crippen MR) is 110 cm³/mol. The van der Waals surface area contributed by atoms with Gasteiger partial charge in [0.15, 0.2) is 0 Å². The molecule has 2 heterocycles. The van der Waals surface area contributed by atoms with Gasteiger partial charge in [0.25, 0.3) is 17.4 Å². The predicted octanol–water partition coefficient (Wildman–Crippen LogP) is 3.96. The summed E-state index contributed by atoms with van der Waals surface area (Å²) in [5, 5.41) is 3.13. The molecule has 1 N–H and O–H groups in total. The minimum absolute atomic E-state index is 0.0178. The number of hydrogen-bond acceptors (Lipinski definition) is 3. The molecule has 1 saturated heterocycles. The molecule has 0 unspecified atom stereocenters. The molecule has 2 amide bonds. The smallest absolute Gasteiger partial charge is 0.274 e. The standard InChI is InChI=1S/C20H21Cl2N3O3/c1-24-12-13(19(27)25-8-4-2-3-5-9-25)10-17(20(24)28)23-18(26)15-11-14(21)6-7-16(15)22/h6-7,10-12H,2-5,8-9H2,1H3,(H,23,26). The molecule has 0 atom stereocenters. The van der Waals surface area contributed by atoms with Crippen molar-refractivity contribution in [2.24, 2.45) is 7.05 Å². The average molecular weight is 422 g/mol. The van der Waals surface area contributed by atoms with Crippen LogP contribution in [0.5, 0.6) is 0 Å². The van der Waals surface area contributed by atoms with Crippen LogP contribution in [-0.4, -0.2) is 34.4 Å². The van der Waals surface area contributed by atoms with Crippen LogP contribution in [0.1, 0.15) is 46.4 Å². The minimum Gasteiger partial charge on any atom is -0.339 e. The summed E-state index contributed by atoms with van der Waals surface area (Å²) >= 11 is 12.0. The van der Waals surface area contributed by atoms with Crippen LogP contribution in [0.15, 0.2) is 35.3 Å². The van der Waals surface area contributed by atoms with Crippen molar-refractivity contribution in [1.29, 1.82) is 0 Å². The second-order valence-electron chi connectivity index (χ2n) is 6.84. The van der Waals surface area contributed by atoms with Gasteiger partial charge in [0.1, 0.15) is 5.69 Å². The highest BCUT2D eigenvalue weighted by molar-refractivity contribution is 6.36. The maximum Gasteiger partial charge on any atom is 0.274 e. The molecule has 1 aliphatic rings. The number of nitrogens with one attached hydrogen (secondary N) is 1. The fourth-order valence-electron chi connectivity index (χ4n) is 3.24. The zero-order valence-corrected chi connectivity index (χ0v) is 17.0. The number of nitrogens with zero attached hydrogens (tertiary/aromatic N) is 2. The molecular formula is C20H21Cl2N3O3. The van der Waals surface area contributed by atoms with Crippen LogP contribution >= 0.6 is 23.2 Å². The zero-order chi connectivity index (χ0) is 20.3. The van der Waals surface area contributed by atoms with Gasteiger partial charge in [0.2, 0.25) is 0 Å². The van der Waals surface area contributed by atoms with Crippen LogP contribution in [0.3, 0.4) is 0 Å². The first-order valence-corrected chi connectivity index (χ1v) is 9.89. The first-order valence-electron chi connectivity index (χ1n) is 9.13. The van der Waals surface area contributed by atoms with Gasteiger partial charge in [0.05, 0.1) is 16.1 Å². The van der Waals surface area contributed by atoms with Gasteiger partial charge in [-0.3, -0.25) is 14.4 Å². The van der Waals surface area contributed by atoms with Crippen LogP contribution in [0, 0.1) is 0 Å². The molecule has 0 radical (unpaired) electrons. The fraction of sp³-hybridized carbons (Fsp3) is 0.350. The van der Waals surface area contributed by atoms with Crippen molar-refractivity contribution in [3.8, 4) is 0 Å². The Morgan fingerprint density at radius 1 is 1.04 bits per heavy atom. The van der Waals surface area contributed by atoms with Gasteiger partial charge in [-0.25, -0.2) is 0 Å². The molecule has 1 aromatic heterocycles. The van der Waals surface area contributed by atoms with E-state index in [0.29, 0.717) is 23.7 Å². The molecule has 0 saturated carbocycles. The van der Waals surface area contributed by atoms with E-state index in [0.717, 1.165) is 25.7 Å². The summed E-state index contributed by atoms with van der Waals surface area (Å²) in [5.41, 5.74) is 0.111. The van der Waals surface area contributed by atoms with E-state index >= 15 is 0 Å². The third kappa shape index (κ3) is 4.56. The maximum atomic E-state index is 12.9. The lowest BCUT2D eigenvalue weighted by molar-refractivity contribution is 0.0760. The second-order valence-corrected chi connectivity index (χ2v) is 7.69. The summed E-state index contributed by atoms with van der Waals surface area (Å²) in [7, 11) is 1.55. The van der Waals surface area contributed by atoms with Crippen LogP contribution < -0.4 is 10.9 Å². The fourth-order valence-corrected chi connectivity index (χ4v) is 3.61. The Bertz CT molecular complexity index is 964. The highest BCUT2D eigenvalue weighted by atomic mass is 35.5. The summed E-state index contributed by atoms with van der Waals surface area (Å²) in [4.78, 5) is 39.7. The molecule has 1 aromatic carbocycles. The lowest BCUT2D eigenvalue weighted by Gasteiger charge is -2.21. The first kappa shape index (κ1) is 20.4. The molecule has 0 aliphatic carbocycles. The monoisotopic (exact) mass is 421 g/mol. The van der Waals surface area contributed by atoms with E-state index in [-0.39, 0.29) is 22.2 Å². The number of hydrogen-bond donors (Lipinski definition) is 1. The lowest BCUT2D eigenvalue weighted by Crippen LogP contribution is -2.33. The number of pyridine rings is 1. The first-order chi connectivity index (χ1) is 13.4. The highest BCUT2D eigenvalue weighted by Gasteiger charge is 2.20. The van der Waals surface area contributed by atoms with Crippen LogP contribution in [0.25, 0.3) is 0 Å². The van der Waals surface area contributed by atoms with Crippen LogP contribution in [-0.2, 0) is 7.05 Å². The lowest BCUT2D eigenvalue weighted by atomic mass is 10.2. The van der Waals surface area contributed by atoms with E-state index in [1.807, 2.05) is 0 Å². The summed E-state index contributed by atoms with van der Waals surface area (Å²) < 4.78 is 1.29. The molecule has 2 aromatic rings. The Kier molecular flexibility index (Phi) is 6.42. The maximum absolute atomic E-state index is 12.9. The van der Waals surface area contributed by atoms with E-state index < -0.39 is 11.5 Å². The average Bonchev–Trinajstić information content (AvgIpc) is 2.96. The van der Waals surface area contributed by atoms with Crippen molar-refractivity contribution in [3.05, 3.63) is 62.0 Å². The third-order valence-corrected chi connectivity index (χ3v) is 5.31. The van der Waals surface area contributed by atoms with Crippen LogP contribution in [0.2, 0.25) is 10.0 Å². The quantitative estimate of drug-likeness (QED) is 0.814. The number of carbonyl (C=O) groups excluding carboxylic acids is 2. The molecule has 1 fully saturated rings. The number of aryl methyl sites for hydroxylation is 1. The topological polar surface area (TPSA) is 71.4 Å². The molecule has 6 nitrogen and oxygen atoms in total. The summed E-state index contributed by atoms with van der Waals surface area (Å²) in [5.74, 6) is -0.710. The number of amides is 2. The van der Waals surface area contributed by atoms with Crippen molar-refractivity contribution < 1.29 is 9.59 Å². The number of halogens is 2. The molecule has 0 bridgehead atoms. The van der Waals surface area contributed by atoms with Gasteiger partial charge in [0, 0.05) is 31.4 Å². The Hall–Kier alpha value is -2.31. The highest BCUT2D eigenvalue weighted by Crippen LogP contribution is 2.22. The van der Waals surface area contributed by atoms with E-state index in [1.54, 1.807) is 18.0 Å². The number of aromatic nitrogens is 1. The van der Waals surface area contributed by atoms with Gasteiger partial charge in [-0.2, -0.15) is 0 Å². The van der Waals surface area contributed by atoms with E-state index in [9.17, 15) is 14.4 Å². The Morgan fingerprint density at radius 3 is 2.39 bits per heavy atom. The van der Waals surface area contributed by atoms with Crippen LogP contribution in [0.4, 0.5) is 5.69 Å². The molecule has 28 heavy (non-hydrogen) atoms. The Balaban J connectivity index is 1.89. The summed E-state index contributed by atoms with van der Waals surface area (Å²) in [6.45, 7) is 1.39. The number of carbonyl (C=O) groups is 2. The van der Waals surface area contributed by atoms with Gasteiger partial charge in [-0.15, -0.1) is 0 Å². The number of benzene rings is 1. The summed E-state index contributed by atoms with van der Waals surface area (Å²) in [6, 6.07) is 5.93. The SMILES string of the molecule is Cn1cc(C(=O)N2CCCCCC2)cc(NC(=O)c2cc(Cl)ccc2Cl)c1=O. The number of anilines is 1. The normalized spacial score (nSPS) is 14.5. The third-order valence-electron chi connectivity index (χ3n) is 4.74. The molecule has 1 aliphatic heterocycles. The number of rotatable bonds is 3. The Labute approximate surface area is 173 Å². The molecule has 8 heteroatoms. The van der Waals surface area contributed by atoms with Crippen molar-refractivity contribution in [1.82, 2.24) is 9.47 Å². The second kappa shape index (κ2) is 8.80. The van der Waals surface area contributed by atoms with Gasteiger partial charge in [-0.05, 0) is 37.1 Å². The van der Waals surface area contributed by atoms with Crippen molar-refractivity contribution >= 4 is 40.7 Å². The molecule has 3 rings (SSSR count). The summed E-state index contributed by atoms with van der Waals surface area (Å²) in [6.07, 6.45) is 5.65. The molecule has 0 spiro atoms. The largest absolute Gasteiger partial charge is 0.339 e. The van der Waals surface area contributed by atoms with E-state index in [4.69, 9.17) is 23.2 Å². The zero-order valence-electron chi connectivity index (χ0n) is 15.5. The van der Waals surface area contributed by atoms with E-state index in [2.05, 4.69) is 5.32 Å². The van der Waals surface area contributed by atoms with Gasteiger partial charge in [-0.1, -0.05) is 36.0 Å². The number of likely N-dealkylation sites (tertiary alicyclic amines) is 1.